The van der Waals surface area contributed by atoms with Gasteiger partial charge in [0.05, 0.1) is 0 Å². The number of hydrogen-bond acceptors (Lipinski definition) is 2. The second-order valence-electron chi connectivity index (χ2n) is 6.43. The summed E-state index contributed by atoms with van der Waals surface area (Å²) in [5.74, 6) is 2.33. The van der Waals surface area contributed by atoms with Crippen molar-refractivity contribution in [3.63, 3.8) is 0 Å². The molecule has 2 bridgehead atoms. The number of ketones is 1. The normalized spacial score (nSPS) is 51.1. The van der Waals surface area contributed by atoms with E-state index in [1.807, 2.05) is 0 Å². The van der Waals surface area contributed by atoms with Crippen LogP contribution in [0, 0.1) is 23.2 Å². The zero-order chi connectivity index (χ0) is 11.3. The van der Waals surface area contributed by atoms with Crippen LogP contribution in [0.15, 0.2) is 0 Å². The average molecular weight is 221 g/mol. The largest absolute Gasteiger partial charge is 0.327 e. The monoisotopic (exact) mass is 221 g/mol. The van der Waals surface area contributed by atoms with Gasteiger partial charge in [-0.1, -0.05) is 6.42 Å². The third-order valence-corrected chi connectivity index (χ3v) is 5.85. The fraction of sp³-hybridized carbons (Fsp3) is 0.929. The van der Waals surface area contributed by atoms with Crippen LogP contribution in [-0.4, -0.2) is 11.8 Å². The molecule has 16 heavy (non-hydrogen) atoms. The third kappa shape index (κ3) is 1.32. The molecule has 5 atom stereocenters. The highest BCUT2D eigenvalue weighted by Gasteiger charge is 2.57. The summed E-state index contributed by atoms with van der Waals surface area (Å²) in [6.45, 7) is 1.77. The predicted molar refractivity (Wildman–Crippen MR) is 63.9 cm³/mol. The van der Waals surface area contributed by atoms with Gasteiger partial charge in [-0.15, -0.1) is 0 Å². The summed E-state index contributed by atoms with van der Waals surface area (Å²) >= 11 is 0. The molecular weight excluding hydrogens is 198 g/mol. The highest BCUT2D eigenvalue weighted by Crippen LogP contribution is 2.61. The summed E-state index contributed by atoms with van der Waals surface area (Å²) in [7, 11) is 0. The van der Waals surface area contributed by atoms with Crippen molar-refractivity contribution in [1.29, 1.82) is 0 Å². The zero-order valence-corrected chi connectivity index (χ0v) is 10.2. The Morgan fingerprint density at radius 2 is 2.12 bits per heavy atom. The predicted octanol–water partition coefficient (Wildman–Crippen LogP) is 2.51. The molecule has 90 valence electrons. The molecule has 2 nitrogen and oxygen atoms in total. The van der Waals surface area contributed by atoms with E-state index in [1.165, 1.54) is 32.1 Å². The van der Waals surface area contributed by atoms with Crippen molar-refractivity contribution in [2.75, 3.05) is 0 Å². The molecule has 0 aromatic carbocycles. The molecule has 3 rings (SSSR count). The van der Waals surface area contributed by atoms with Gasteiger partial charge in [-0.3, -0.25) is 4.79 Å². The number of fused-ring (bicyclic) bond motifs is 3. The number of Topliss-reactive ketones (excluding diaryl/α,β-unsaturated/α-hetero) is 1. The lowest BCUT2D eigenvalue weighted by Gasteiger charge is -2.47. The minimum Gasteiger partial charge on any atom is -0.327 e. The first kappa shape index (κ1) is 10.8. The average Bonchev–Trinajstić information content (AvgIpc) is 2.84. The van der Waals surface area contributed by atoms with E-state index < -0.39 is 0 Å². The van der Waals surface area contributed by atoms with E-state index in [-0.39, 0.29) is 0 Å². The summed E-state index contributed by atoms with van der Waals surface area (Å²) < 4.78 is 0. The minimum absolute atomic E-state index is 0.319. The molecule has 3 fully saturated rings. The van der Waals surface area contributed by atoms with Gasteiger partial charge >= 0.3 is 0 Å². The van der Waals surface area contributed by atoms with Gasteiger partial charge in [-0.25, -0.2) is 0 Å². The number of hydrogen-bond donors (Lipinski definition) is 1. The fourth-order valence-electron chi connectivity index (χ4n) is 4.97. The highest BCUT2D eigenvalue weighted by atomic mass is 16.1. The van der Waals surface area contributed by atoms with E-state index in [9.17, 15) is 4.79 Å². The maximum Gasteiger partial charge on any atom is 0.132 e. The Bertz CT molecular complexity index is 310. The minimum atomic E-state index is 0.319. The van der Waals surface area contributed by atoms with Crippen LogP contribution in [-0.2, 0) is 4.79 Å². The van der Waals surface area contributed by atoms with Crippen LogP contribution in [0.4, 0.5) is 0 Å². The van der Waals surface area contributed by atoms with Crippen molar-refractivity contribution < 1.29 is 4.79 Å². The molecule has 3 saturated carbocycles. The fourth-order valence-corrected chi connectivity index (χ4v) is 4.97. The van der Waals surface area contributed by atoms with E-state index in [4.69, 9.17) is 5.73 Å². The molecule has 2 heteroatoms. The van der Waals surface area contributed by atoms with Crippen molar-refractivity contribution in [2.24, 2.45) is 28.9 Å². The maximum absolute atomic E-state index is 11.6. The summed E-state index contributed by atoms with van der Waals surface area (Å²) in [5, 5.41) is 0. The topological polar surface area (TPSA) is 43.1 Å². The van der Waals surface area contributed by atoms with Crippen LogP contribution in [0.1, 0.15) is 51.9 Å². The first-order chi connectivity index (χ1) is 7.63. The van der Waals surface area contributed by atoms with Crippen LogP contribution < -0.4 is 5.73 Å². The van der Waals surface area contributed by atoms with E-state index >= 15 is 0 Å². The molecule has 0 unspecified atom stereocenters. The van der Waals surface area contributed by atoms with Crippen molar-refractivity contribution >= 4 is 5.78 Å². The standard InChI is InChI=1S/C14H23NO/c1-9(16)11-3-2-6-14(8-11)12-5-4-10(7-12)13(14)15/h10-13H,2-8,15H2,1H3/t10-,11-,12+,13-,14+/m1/s1. The Morgan fingerprint density at radius 1 is 1.31 bits per heavy atom. The maximum atomic E-state index is 11.6. The second kappa shape index (κ2) is 3.56. The first-order valence-corrected chi connectivity index (χ1v) is 6.89. The molecule has 0 radical (unpaired) electrons. The van der Waals surface area contributed by atoms with Gasteiger partial charge in [0.25, 0.3) is 0 Å². The van der Waals surface area contributed by atoms with Crippen molar-refractivity contribution in [3.05, 3.63) is 0 Å². The molecule has 1 spiro atoms. The SMILES string of the molecule is CC(=O)[C@@H]1CCC[C@]2(C1)[C@H]1CC[C@H](C1)[C@H]2N. The molecule has 2 N–H and O–H groups in total. The first-order valence-electron chi connectivity index (χ1n) is 6.89. The molecule has 0 amide bonds. The van der Waals surface area contributed by atoms with Crippen LogP contribution in [0.3, 0.4) is 0 Å². The molecule has 0 aromatic rings. The number of rotatable bonds is 1. The van der Waals surface area contributed by atoms with Crippen LogP contribution in [0.25, 0.3) is 0 Å². The summed E-state index contributed by atoms with van der Waals surface area (Å²) in [6, 6.07) is 0.397. The zero-order valence-electron chi connectivity index (χ0n) is 10.2. The third-order valence-electron chi connectivity index (χ3n) is 5.85. The Balaban J connectivity index is 1.85. The number of carbonyl (C=O) groups excluding carboxylic acids is 1. The second-order valence-corrected chi connectivity index (χ2v) is 6.43. The van der Waals surface area contributed by atoms with E-state index in [0.29, 0.717) is 23.2 Å². The van der Waals surface area contributed by atoms with E-state index in [0.717, 1.165) is 24.7 Å². The van der Waals surface area contributed by atoms with Crippen molar-refractivity contribution in [1.82, 2.24) is 0 Å². The Morgan fingerprint density at radius 3 is 2.75 bits per heavy atom. The quantitative estimate of drug-likeness (QED) is 0.739. The van der Waals surface area contributed by atoms with Crippen LogP contribution in [0.5, 0.6) is 0 Å². The molecular formula is C14H23NO. The van der Waals surface area contributed by atoms with Crippen molar-refractivity contribution in [2.45, 2.75) is 57.9 Å². The summed E-state index contributed by atoms with van der Waals surface area (Å²) in [6.07, 6.45) is 8.80. The van der Waals surface area contributed by atoms with Crippen LogP contribution >= 0.6 is 0 Å². The lowest BCUT2D eigenvalue weighted by atomic mass is 9.59. The highest BCUT2D eigenvalue weighted by molar-refractivity contribution is 5.78. The van der Waals surface area contributed by atoms with Gasteiger partial charge < -0.3 is 5.73 Å². The Kier molecular flexibility index (Phi) is 2.39. The molecule has 0 saturated heterocycles. The van der Waals surface area contributed by atoms with E-state index in [1.54, 1.807) is 6.92 Å². The van der Waals surface area contributed by atoms with Gasteiger partial charge in [0.1, 0.15) is 5.78 Å². The molecule has 0 aliphatic heterocycles. The lowest BCUT2D eigenvalue weighted by Crippen LogP contribution is -2.49. The van der Waals surface area contributed by atoms with Gasteiger partial charge in [0.15, 0.2) is 0 Å². The van der Waals surface area contributed by atoms with Crippen molar-refractivity contribution in [3.8, 4) is 0 Å². The number of nitrogens with two attached hydrogens (primary N) is 1. The smallest absolute Gasteiger partial charge is 0.132 e. The van der Waals surface area contributed by atoms with Gasteiger partial charge in [0.2, 0.25) is 0 Å². The number of carbonyl (C=O) groups is 1. The summed E-state index contributed by atoms with van der Waals surface area (Å²) in [4.78, 5) is 11.6. The molecule has 3 aliphatic carbocycles. The van der Waals surface area contributed by atoms with Gasteiger partial charge in [-0.05, 0) is 62.7 Å². The van der Waals surface area contributed by atoms with Crippen LogP contribution in [0.2, 0.25) is 0 Å². The molecule has 0 aromatic heterocycles. The Labute approximate surface area is 98.0 Å². The molecule has 0 heterocycles. The molecule has 3 aliphatic rings. The summed E-state index contributed by atoms with van der Waals surface area (Å²) in [5.41, 5.74) is 6.84. The van der Waals surface area contributed by atoms with Gasteiger partial charge in [0, 0.05) is 12.0 Å². The Hall–Kier alpha value is -0.370. The lowest BCUT2D eigenvalue weighted by molar-refractivity contribution is -0.124. The van der Waals surface area contributed by atoms with Gasteiger partial charge in [-0.2, -0.15) is 0 Å². The van der Waals surface area contributed by atoms with E-state index in [2.05, 4.69) is 0 Å².